The van der Waals surface area contributed by atoms with Crippen molar-refractivity contribution in [2.45, 2.75) is 6.92 Å². The van der Waals surface area contributed by atoms with Gasteiger partial charge in [-0.05, 0) is 6.92 Å². The molecule has 9 heteroatoms. The predicted molar refractivity (Wildman–Crippen MR) is 96.1 cm³/mol. The molecule has 0 radical (unpaired) electrons. The number of aromatic nitrogens is 4. The number of ether oxygens (including phenoxy) is 2. The van der Waals surface area contributed by atoms with Crippen LogP contribution in [0.3, 0.4) is 0 Å². The van der Waals surface area contributed by atoms with Crippen LogP contribution in [0, 0.1) is 6.92 Å². The van der Waals surface area contributed by atoms with Crippen LogP contribution in [-0.2, 0) is 0 Å². The molecule has 0 saturated carbocycles. The van der Waals surface area contributed by atoms with Crippen LogP contribution in [-0.4, -0.2) is 39.8 Å². The molecule has 0 atom stereocenters. The largest absolute Gasteiger partial charge is 0.497 e. The topological polar surface area (TPSA) is 103 Å². The highest BCUT2D eigenvalue weighted by atomic mass is 16.5. The third-order valence-electron chi connectivity index (χ3n) is 3.55. The van der Waals surface area contributed by atoms with Gasteiger partial charge in [-0.25, -0.2) is 19.7 Å². The molecule has 0 bridgehead atoms. The minimum absolute atomic E-state index is 0.435. The van der Waals surface area contributed by atoms with Crippen molar-refractivity contribution in [2.24, 2.45) is 0 Å². The lowest BCUT2D eigenvalue weighted by Gasteiger charge is -2.11. The highest BCUT2D eigenvalue weighted by Gasteiger charge is 2.08. The normalized spacial score (nSPS) is 10.3. The predicted octanol–water partition coefficient (Wildman–Crippen LogP) is 2.63. The number of methoxy groups -OCH3 is 2. The fraction of sp³-hybridized carbons (Fsp3) is 0.176. The summed E-state index contributed by atoms with van der Waals surface area (Å²) in [6.07, 6.45) is 6.47. The van der Waals surface area contributed by atoms with Crippen LogP contribution in [0.15, 0.2) is 43.0 Å². The van der Waals surface area contributed by atoms with E-state index in [0.29, 0.717) is 28.8 Å². The quantitative estimate of drug-likeness (QED) is 0.730. The van der Waals surface area contributed by atoms with Gasteiger partial charge in [0.05, 0.1) is 32.3 Å². The summed E-state index contributed by atoms with van der Waals surface area (Å²) in [6, 6.07) is 4.65. The number of hydrogen-bond donors (Lipinski definition) is 2. The van der Waals surface area contributed by atoms with Crippen LogP contribution in [0.2, 0.25) is 0 Å². The number of carbonyl (C=O) groups is 1. The van der Waals surface area contributed by atoms with Crippen LogP contribution in [0.4, 0.5) is 16.2 Å². The van der Waals surface area contributed by atoms with E-state index in [1.807, 2.05) is 6.92 Å². The Hall–Kier alpha value is -3.62. The lowest BCUT2D eigenvalue weighted by Crippen LogP contribution is -2.20. The molecule has 0 saturated heterocycles. The molecule has 0 fully saturated rings. The second kappa shape index (κ2) is 7.51. The van der Waals surface area contributed by atoms with Crippen molar-refractivity contribution in [3.63, 3.8) is 0 Å². The summed E-state index contributed by atoms with van der Waals surface area (Å²) in [7, 11) is 3.08. The standard InChI is InChI=1S/C17H18N6O3/c1-11-18-4-5-23(11)16-19-9-13(10-20-16)22-17(24)21-12-6-14(25-2)8-15(7-12)26-3/h4-10H,1-3H3,(H2,21,22,24). The summed E-state index contributed by atoms with van der Waals surface area (Å²) >= 11 is 0. The van der Waals surface area contributed by atoms with Crippen molar-refractivity contribution in [3.8, 4) is 17.4 Å². The Morgan fingerprint density at radius 2 is 1.58 bits per heavy atom. The molecule has 0 aliphatic rings. The second-order valence-electron chi connectivity index (χ2n) is 5.30. The lowest BCUT2D eigenvalue weighted by atomic mass is 10.3. The summed E-state index contributed by atoms with van der Waals surface area (Å²) in [5.41, 5.74) is 0.990. The summed E-state index contributed by atoms with van der Waals surface area (Å²) in [4.78, 5) is 24.7. The number of imidazole rings is 1. The van der Waals surface area contributed by atoms with E-state index in [0.717, 1.165) is 5.82 Å². The van der Waals surface area contributed by atoms with Crippen LogP contribution < -0.4 is 20.1 Å². The van der Waals surface area contributed by atoms with Crippen molar-refractivity contribution >= 4 is 17.4 Å². The highest BCUT2D eigenvalue weighted by molar-refractivity contribution is 5.99. The van der Waals surface area contributed by atoms with E-state index in [4.69, 9.17) is 9.47 Å². The van der Waals surface area contributed by atoms with Crippen LogP contribution in [0.5, 0.6) is 11.5 Å². The van der Waals surface area contributed by atoms with Gasteiger partial charge < -0.3 is 20.1 Å². The van der Waals surface area contributed by atoms with Gasteiger partial charge in [-0.3, -0.25) is 4.57 Å². The molecule has 2 heterocycles. The first-order valence-corrected chi connectivity index (χ1v) is 7.72. The Balaban J connectivity index is 1.68. The molecule has 2 aromatic heterocycles. The Morgan fingerprint density at radius 3 is 2.12 bits per heavy atom. The second-order valence-corrected chi connectivity index (χ2v) is 5.30. The number of hydrogen-bond acceptors (Lipinski definition) is 6. The van der Waals surface area contributed by atoms with Crippen LogP contribution in [0.25, 0.3) is 5.95 Å². The average Bonchev–Trinajstić information content (AvgIpc) is 3.07. The molecule has 0 spiro atoms. The third kappa shape index (κ3) is 3.89. The zero-order valence-corrected chi connectivity index (χ0v) is 14.6. The van der Waals surface area contributed by atoms with Gasteiger partial charge in [0.15, 0.2) is 0 Å². The first-order chi connectivity index (χ1) is 12.6. The zero-order valence-electron chi connectivity index (χ0n) is 14.6. The molecule has 2 amide bonds. The molecule has 3 aromatic rings. The van der Waals surface area contributed by atoms with E-state index < -0.39 is 6.03 Å². The van der Waals surface area contributed by atoms with Gasteiger partial charge in [-0.1, -0.05) is 0 Å². The molecule has 134 valence electrons. The fourth-order valence-electron chi connectivity index (χ4n) is 2.27. The number of rotatable bonds is 5. The van der Waals surface area contributed by atoms with Gasteiger partial charge in [0.1, 0.15) is 17.3 Å². The molecule has 0 aliphatic carbocycles. The number of nitrogens with one attached hydrogen (secondary N) is 2. The summed E-state index contributed by atoms with van der Waals surface area (Å²) in [6.45, 7) is 1.85. The SMILES string of the molecule is COc1cc(NC(=O)Nc2cnc(-n3ccnc3C)nc2)cc(OC)c1. The maximum atomic E-state index is 12.2. The van der Waals surface area contributed by atoms with Crippen molar-refractivity contribution in [2.75, 3.05) is 24.9 Å². The van der Waals surface area contributed by atoms with Crippen LogP contribution >= 0.6 is 0 Å². The van der Waals surface area contributed by atoms with Crippen molar-refractivity contribution in [1.29, 1.82) is 0 Å². The minimum Gasteiger partial charge on any atom is -0.497 e. The van der Waals surface area contributed by atoms with Crippen molar-refractivity contribution in [3.05, 3.63) is 48.8 Å². The lowest BCUT2D eigenvalue weighted by molar-refractivity contribution is 0.262. The number of benzene rings is 1. The number of carbonyl (C=O) groups excluding carboxylic acids is 1. The maximum absolute atomic E-state index is 12.2. The van der Waals surface area contributed by atoms with E-state index in [1.165, 1.54) is 12.4 Å². The zero-order chi connectivity index (χ0) is 18.5. The molecule has 9 nitrogen and oxygen atoms in total. The first-order valence-electron chi connectivity index (χ1n) is 7.72. The van der Waals surface area contributed by atoms with E-state index in [-0.39, 0.29) is 0 Å². The van der Waals surface area contributed by atoms with E-state index >= 15 is 0 Å². The van der Waals surface area contributed by atoms with Gasteiger partial charge in [0.2, 0.25) is 5.95 Å². The van der Waals surface area contributed by atoms with Crippen LogP contribution in [0.1, 0.15) is 5.82 Å². The number of amides is 2. The Labute approximate surface area is 150 Å². The van der Waals surface area contributed by atoms with E-state index in [9.17, 15) is 4.79 Å². The molecule has 0 unspecified atom stereocenters. The van der Waals surface area contributed by atoms with E-state index in [2.05, 4.69) is 25.6 Å². The van der Waals surface area contributed by atoms with Crippen molar-refractivity contribution < 1.29 is 14.3 Å². The number of urea groups is 1. The summed E-state index contributed by atoms with van der Waals surface area (Å²) in [5.74, 6) is 2.39. The van der Waals surface area contributed by atoms with Crippen molar-refractivity contribution in [1.82, 2.24) is 19.5 Å². The molecular formula is C17H18N6O3. The van der Waals surface area contributed by atoms with Gasteiger partial charge in [0, 0.05) is 36.3 Å². The van der Waals surface area contributed by atoms with E-state index in [1.54, 1.807) is 49.4 Å². The summed E-state index contributed by atoms with van der Waals surface area (Å²) in [5, 5.41) is 5.38. The molecule has 3 rings (SSSR count). The Kier molecular flexibility index (Phi) is 4.97. The average molecular weight is 354 g/mol. The smallest absolute Gasteiger partial charge is 0.323 e. The highest BCUT2D eigenvalue weighted by Crippen LogP contribution is 2.25. The maximum Gasteiger partial charge on any atom is 0.323 e. The molecule has 2 N–H and O–H groups in total. The number of anilines is 2. The molecule has 0 aliphatic heterocycles. The molecule has 1 aromatic carbocycles. The number of nitrogens with zero attached hydrogens (tertiary/aromatic N) is 4. The first kappa shape index (κ1) is 17.2. The Bertz CT molecular complexity index is 885. The number of aryl methyl sites for hydroxylation is 1. The Morgan fingerprint density at radius 1 is 0.962 bits per heavy atom. The molecular weight excluding hydrogens is 336 g/mol. The monoisotopic (exact) mass is 354 g/mol. The third-order valence-corrected chi connectivity index (χ3v) is 3.55. The summed E-state index contributed by atoms with van der Waals surface area (Å²) < 4.78 is 12.1. The minimum atomic E-state index is -0.435. The van der Waals surface area contributed by atoms with Gasteiger partial charge in [-0.15, -0.1) is 0 Å². The molecule has 26 heavy (non-hydrogen) atoms. The van der Waals surface area contributed by atoms with Gasteiger partial charge in [0.25, 0.3) is 0 Å². The fourth-order valence-corrected chi connectivity index (χ4v) is 2.27. The van der Waals surface area contributed by atoms with Gasteiger partial charge in [-0.2, -0.15) is 0 Å². The van der Waals surface area contributed by atoms with Gasteiger partial charge >= 0.3 is 6.03 Å².